The predicted octanol–water partition coefficient (Wildman–Crippen LogP) is 5.72. The predicted molar refractivity (Wildman–Crippen MR) is 84.0 cm³/mol. The van der Waals surface area contributed by atoms with Crippen LogP contribution >= 0.6 is 11.8 Å². The first-order chi connectivity index (χ1) is 11.4. The van der Waals surface area contributed by atoms with E-state index in [0.717, 1.165) is 17.0 Å². The fraction of sp³-hybridized carbons (Fsp3) is 0.533. The zero-order valence-corrected chi connectivity index (χ0v) is 14.5. The maximum Gasteiger partial charge on any atom is 0.449 e. The van der Waals surface area contributed by atoms with Crippen molar-refractivity contribution in [2.24, 2.45) is 4.99 Å². The van der Waals surface area contributed by atoms with Crippen LogP contribution in [0.2, 0.25) is 0 Å². The first-order valence-electron chi connectivity index (χ1n) is 7.29. The maximum atomic E-state index is 14.0. The minimum atomic E-state index is -4.82. The molecule has 0 aliphatic carbocycles. The molecule has 0 amide bonds. The number of benzene rings is 1. The van der Waals surface area contributed by atoms with Crippen LogP contribution in [0.5, 0.6) is 0 Å². The number of thioether (sulfide) groups is 1. The Morgan fingerprint density at radius 1 is 1.08 bits per heavy atom. The van der Waals surface area contributed by atoms with Crippen molar-refractivity contribution in [3.63, 3.8) is 0 Å². The standard InChI is InChI=1S/C15H17F7N2S/c1-4-24(5-2)13(15(20,21)22)23-11-7-12(9(3)6-10(11)16)25-8-14(17,18)19/h6-7H,4-5,8H2,1-3H3/b23-13+. The lowest BCUT2D eigenvalue weighted by molar-refractivity contribution is -0.105. The molecular formula is C15H17F7N2S. The van der Waals surface area contributed by atoms with Gasteiger partial charge in [0.2, 0.25) is 5.84 Å². The molecule has 0 atom stereocenters. The lowest BCUT2D eigenvalue weighted by Crippen LogP contribution is -2.41. The van der Waals surface area contributed by atoms with Gasteiger partial charge in [0, 0.05) is 18.0 Å². The molecule has 0 bridgehead atoms. The molecule has 2 nitrogen and oxygen atoms in total. The molecule has 0 radical (unpaired) electrons. The molecule has 10 heteroatoms. The number of halogens is 7. The van der Waals surface area contributed by atoms with E-state index in [1.54, 1.807) is 0 Å². The molecule has 1 aromatic rings. The van der Waals surface area contributed by atoms with Gasteiger partial charge in [0.25, 0.3) is 0 Å². The summed E-state index contributed by atoms with van der Waals surface area (Å²) in [6, 6.07) is 1.80. The molecule has 0 spiro atoms. The van der Waals surface area contributed by atoms with Gasteiger partial charge in [-0.1, -0.05) is 0 Å². The van der Waals surface area contributed by atoms with Gasteiger partial charge in [-0.2, -0.15) is 26.3 Å². The average Bonchev–Trinajstić information content (AvgIpc) is 2.46. The Labute approximate surface area is 145 Å². The second-order valence-electron chi connectivity index (χ2n) is 5.08. The Balaban J connectivity index is 3.34. The highest BCUT2D eigenvalue weighted by Gasteiger charge is 2.39. The molecule has 0 heterocycles. The Bertz CT molecular complexity index is 620. The summed E-state index contributed by atoms with van der Waals surface area (Å²) < 4.78 is 90.6. The van der Waals surface area contributed by atoms with Gasteiger partial charge >= 0.3 is 12.4 Å². The molecule has 0 N–H and O–H groups in total. The van der Waals surface area contributed by atoms with E-state index in [-0.39, 0.29) is 23.5 Å². The van der Waals surface area contributed by atoms with Gasteiger partial charge < -0.3 is 4.90 Å². The third-order valence-corrected chi connectivity index (χ3v) is 4.40. The third kappa shape index (κ3) is 6.41. The molecule has 1 rings (SSSR count). The number of aryl methyl sites for hydroxylation is 1. The Morgan fingerprint density at radius 3 is 2.08 bits per heavy atom. The molecule has 142 valence electrons. The van der Waals surface area contributed by atoms with Crippen LogP contribution in [-0.2, 0) is 0 Å². The number of amidine groups is 1. The van der Waals surface area contributed by atoms with Crippen LogP contribution in [0.15, 0.2) is 22.0 Å². The molecule has 0 aromatic heterocycles. The summed E-state index contributed by atoms with van der Waals surface area (Å²) in [5.74, 6) is -3.54. The normalized spacial score (nSPS) is 13.3. The maximum absolute atomic E-state index is 14.0. The Kier molecular flexibility index (Phi) is 7.16. The second-order valence-corrected chi connectivity index (χ2v) is 6.10. The topological polar surface area (TPSA) is 15.6 Å². The zero-order valence-electron chi connectivity index (χ0n) is 13.7. The summed E-state index contributed by atoms with van der Waals surface area (Å²) in [6.07, 6.45) is -9.27. The summed E-state index contributed by atoms with van der Waals surface area (Å²) in [7, 11) is 0. The number of aliphatic imine (C=N–C) groups is 1. The van der Waals surface area contributed by atoms with E-state index in [1.807, 2.05) is 0 Å². The lowest BCUT2D eigenvalue weighted by atomic mass is 10.2. The van der Waals surface area contributed by atoms with E-state index in [1.165, 1.54) is 20.8 Å². The van der Waals surface area contributed by atoms with E-state index in [9.17, 15) is 30.7 Å². The van der Waals surface area contributed by atoms with Crippen LogP contribution in [0, 0.1) is 12.7 Å². The van der Waals surface area contributed by atoms with Crippen LogP contribution in [0.1, 0.15) is 19.4 Å². The molecule has 25 heavy (non-hydrogen) atoms. The van der Waals surface area contributed by atoms with E-state index in [4.69, 9.17) is 0 Å². The smallest absolute Gasteiger partial charge is 0.353 e. The van der Waals surface area contributed by atoms with Gasteiger partial charge in [0.15, 0.2) is 0 Å². The first-order valence-corrected chi connectivity index (χ1v) is 8.28. The lowest BCUT2D eigenvalue weighted by Gasteiger charge is -2.24. The highest BCUT2D eigenvalue weighted by atomic mass is 32.2. The molecule has 1 aromatic carbocycles. The molecule has 0 unspecified atom stereocenters. The Hall–Kier alpha value is -1.45. The summed E-state index contributed by atoms with van der Waals surface area (Å²) in [5, 5.41) is 0. The summed E-state index contributed by atoms with van der Waals surface area (Å²) >= 11 is 0.376. The van der Waals surface area contributed by atoms with Crippen molar-refractivity contribution < 1.29 is 30.7 Å². The van der Waals surface area contributed by atoms with Gasteiger partial charge in [-0.05, 0) is 38.5 Å². The van der Waals surface area contributed by atoms with Gasteiger partial charge in [0.05, 0.1) is 5.75 Å². The van der Waals surface area contributed by atoms with Gasteiger partial charge in [-0.15, -0.1) is 11.8 Å². The van der Waals surface area contributed by atoms with Crippen LogP contribution in [0.3, 0.4) is 0 Å². The number of rotatable bonds is 5. The number of hydrogen-bond donors (Lipinski definition) is 0. The zero-order chi connectivity index (χ0) is 19.4. The van der Waals surface area contributed by atoms with Crippen molar-refractivity contribution in [1.29, 1.82) is 0 Å². The van der Waals surface area contributed by atoms with Crippen molar-refractivity contribution >= 4 is 23.3 Å². The van der Waals surface area contributed by atoms with E-state index in [0.29, 0.717) is 11.8 Å². The third-order valence-electron chi connectivity index (χ3n) is 3.18. The first kappa shape index (κ1) is 21.6. The van der Waals surface area contributed by atoms with Crippen molar-refractivity contribution in [1.82, 2.24) is 4.90 Å². The fourth-order valence-corrected chi connectivity index (χ4v) is 2.79. The molecule has 0 saturated heterocycles. The highest BCUT2D eigenvalue weighted by Crippen LogP contribution is 2.34. The molecule has 0 aliphatic rings. The summed E-state index contributed by atoms with van der Waals surface area (Å²) in [4.78, 5) is 4.30. The number of hydrogen-bond acceptors (Lipinski definition) is 2. The minimum absolute atomic E-state index is 0.00198. The van der Waals surface area contributed by atoms with Crippen LogP contribution in [-0.4, -0.2) is 41.9 Å². The highest BCUT2D eigenvalue weighted by molar-refractivity contribution is 7.99. The van der Waals surface area contributed by atoms with Crippen molar-refractivity contribution in [3.05, 3.63) is 23.5 Å². The molecule has 0 aliphatic heterocycles. The molecular weight excluding hydrogens is 373 g/mol. The fourth-order valence-electron chi connectivity index (χ4n) is 1.99. The average molecular weight is 390 g/mol. The number of alkyl halides is 6. The van der Waals surface area contributed by atoms with Gasteiger partial charge in [-0.3, -0.25) is 0 Å². The quantitative estimate of drug-likeness (QED) is 0.276. The molecule has 0 saturated carbocycles. The van der Waals surface area contributed by atoms with E-state index in [2.05, 4.69) is 4.99 Å². The van der Waals surface area contributed by atoms with Gasteiger partial charge in [-0.25, -0.2) is 9.38 Å². The van der Waals surface area contributed by atoms with E-state index < -0.39 is 35.4 Å². The monoisotopic (exact) mass is 390 g/mol. The van der Waals surface area contributed by atoms with Gasteiger partial charge in [0.1, 0.15) is 11.5 Å². The van der Waals surface area contributed by atoms with Crippen molar-refractivity contribution in [2.75, 3.05) is 18.8 Å². The summed E-state index contributed by atoms with van der Waals surface area (Å²) in [6.45, 7) is 4.35. The Morgan fingerprint density at radius 2 is 1.64 bits per heavy atom. The second kappa shape index (κ2) is 8.29. The largest absolute Gasteiger partial charge is 0.449 e. The minimum Gasteiger partial charge on any atom is -0.353 e. The SMILES string of the molecule is CCN(CC)/C(=N/c1cc(SCC(F)(F)F)c(C)cc1F)C(F)(F)F. The van der Waals surface area contributed by atoms with Crippen LogP contribution in [0.25, 0.3) is 0 Å². The van der Waals surface area contributed by atoms with Crippen molar-refractivity contribution in [3.8, 4) is 0 Å². The van der Waals surface area contributed by atoms with Crippen molar-refractivity contribution in [2.45, 2.75) is 38.0 Å². The van der Waals surface area contributed by atoms with Crippen LogP contribution in [0.4, 0.5) is 36.4 Å². The van der Waals surface area contributed by atoms with Crippen LogP contribution < -0.4 is 0 Å². The number of nitrogens with zero attached hydrogens (tertiary/aromatic N) is 2. The summed E-state index contributed by atoms with van der Waals surface area (Å²) in [5.41, 5.74) is -0.448. The van der Waals surface area contributed by atoms with E-state index >= 15 is 0 Å². The molecule has 0 fully saturated rings.